The maximum atomic E-state index is 13.4. The molecule has 196 valence electrons. The highest BCUT2D eigenvalue weighted by atomic mass is 35.5. The Morgan fingerprint density at radius 3 is 2.36 bits per heavy atom. The summed E-state index contributed by atoms with van der Waals surface area (Å²) in [5.41, 5.74) is 1.22. The highest BCUT2D eigenvalue weighted by molar-refractivity contribution is 7.92. The van der Waals surface area contributed by atoms with Crippen LogP contribution in [0.5, 0.6) is 0 Å². The molecule has 1 N–H and O–H groups in total. The van der Waals surface area contributed by atoms with Crippen LogP contribution in [0.1, 0.15) is 51.0 Å². The van der Waals surface area contributed by atoms with Crippen LogP contribution >= 0.6 is 23.2 Å². The van der Waals surface area contributed by atoms with E-state index in [2.05, 4.69) is 5.32 Å². The molecule has 0 bridgehead atoms. The van der Waals surface area contributed by atoms with Crippen molar-refractivity contribution in [3.05, 3.63) is 64.1 Å². The van der Waals surface area contributed by atoms with Crippen LogP contribution in [0.4, 0.5) is 5.69 Å². The zero-order chi connectivity index (χ0) is 26.3. The van der Waals surface area contributed by atoms with E-state index in [9.17, 15) is 18.0 Å². The van der Waals surface area contributed by atoms with Gasteiger partial charge in [-0.1, -0.05) is 60.3 Å². The summed E-state index contributed by atoms with van der Waals surface area (Å²) in [5, 5.41) is 3.96. The first-order valence-electron chi connectivity index (χ1n) is 12.1. The zero-order valence-corrected chi connectivity index (χ0v) is 23.0. The number of sulfonamides is 1. The predicted octanol–water partition coefficient (Wildman–Crippen LogP) is 5.02. The van der Waals surface area contributed by atoms with Gasteiger partial charge in [0.1, 0.15) is 6.04 Å². The number of benzene rings is 2. The lowest BCUT2D eigenvalue weighted by Crippen LogP contribution is -2.49. The van der Waals surface area contributed by atoms with Gasteiger partial charge in [-0.05, 0) is 56.0 Å². The number of rotatable bonds is 11. The van der Waals surface area contributed by atoms with Crippen molar-refractivity contribution in [1.29, 1.82) is 0 Å². The Hall–Kier alpha value is -2.29. The molecule has 2 amide bonds. The number of amides is 2. The van der Waals surface area contributed by atoms with Gasteiger partial charge in [0.2, 0.25) is 21.8 Å². The minimum atomic E-state index is -3.52. The molecule has 0 radical (unpaired) electrons. The molecule has 1 aliphatic rings. The summed E-state index contributed by atoms with van der Waals surface area (Å²) in [4.78, 5) is 27.9. The lowest BCUT2D eigenvalue weighted by atomic mass is 10.1. The molecule has 0 aliphatic heterocycles. The van der Waals surface area contributed by atoms with Crippen molar-refractivity contribution in [2.75, 3.05) is 17.1 Å². The zero-order valence-electron chi connectivity index (χ0n) is 20.6. The summed E-state index contributed by atoms with van der Waals surface area (Å²) < 4.78 is 26.0. The van der Waals surface area contributed by atoms with E-state index in [4.69, 9.17) is 23.2 Å². The number of hydrogen-bond donors (Lipinski definition) is 1. The summed E-state index contributed by atoms with van der Waals surface area (Å²) >= 11 is 12.4. The van der Waals surface area contributed by atoms with Crippen LogP contribution < -0.4 is 9.62 Å². The van der Waals surface area contributed by atoms with E-state index in [1.54, 1.807) is 49.4 Å². The fourth-order valence-corrected chi connectivity index (χ4v) is 5.84. The van der Waals surface area contributed by atoms with Crippen molar-refractivity contribution < 1.29 is 18.0 Å². The summed E-state index contributed by atoms with van der Waals surface area (Å²) in [7, 11) is -3.52. The summed E-state index contributed by atoms with van der Waals surface area (Å²) in [5.74, 6) is -0.459. The number of carbonyl (C=O) groups excluding carboxylic acids is 2. The Balaban J connectivity index is 1.73. The van der Waals surface area contributed by atoms with Gasteiger partial charge < -0.3 is 10.2 Å². The second kappa shape index (κ2) is 12.8. The molecule has 1 aliphatic carbocycles. The number of anilines is 1. The van der Waals surface area contributed by atoms with Crippen LogP contribution in [0.15, 0.2) is 48.5 Å². The van der Waals surface area contributed by atoms with Crippen LogP contribution in [0, 0.1) is 0 Å². The van der Waals surface area contributed by atoms with Gasteiger partial charge in [-0.15, -0.1) is 0 Å². The molecule has 10 heteroatoms. The molecule has 3 rings (SSSR count). The van der Waals surface area contributed by atoms with Crippen molar-refractivity contribution in [3.63, 3.8) is 0 Å². The largest absolute Gasteiger partial charge is 0.352 e. The normalized spacial score (nSPS) is 14.9. The van der Waals surface area contributed by atoms with E-state index in [1.807, 2.05) is 6.07 Å². The van der Waals surface area contributed by atoms with E-state index in [0.717, 1.165) is 31.9 Å². The fraction of sp³-hybridized carbons (Fsp3) is 0.462. The molecule has 0 unspecified atom stereocenters. The minimum Gasteiger partial charge on any atom is -0.352 e. The van der Waals surface area contributed by atoms with Crippen molar-refractivity contribution >= 4 is 50.7 Å². The van der Waals surface area contributed by atoms with Crippen LogP contribution in [-0.4, -0.2) is 50.0 Å². The summed E-state index contributed by atoms with van der Waals surface area (Å²) in [6.45, 7) is 1.99. The molecule has 1 saturated carbocycles. The van der Waals surface area contributed by atoms with Crippen LogP contribution in [-0.2, 0) is 26.2 Å². The third-order valence-electron chi connectivity index (χ3n) is 6.42. The molecule has 0 aromatic heterocycles. The van der Waals surface area contributed by atoms with Gasteiger partial charge in [-0.2, -0.15) is 0 Å². The SMILES string of the molecule is C[C@@H](C(=O)NC1CCCC1)N(Cc1ccc(Cl)cc1Cl)C(=O)CCCN(c1ccccc1)S(C)(=O)=O. The first-order valence-corrected chi connectivity index (χ1v) is 14.7. The van der Waals surface area contributed by atoms with Gasteiger partial charge in [0.25, 0.3) is 0 Å². The number of nitrogens with one attached hydrogen (secondary N) is 1. The van der Waals surface area contributed by atoms with Crippen molar-refractivity contribution in [1.82, 2.24) is 10.2 Å². The second-order valence-electron chi connectivity index (χ2n) is 9.20. The van der Waals surface area contributed by atoms with E-state index in [1.165, 1.54) is 9.21 Å². The molecule has 36 heavy (non-hydrogen) atoms. The lowest BCUT2D eigenvalue weighted by Gasteiger charge is -2.30. The topological polar surface area (TPSA) is 86.8 Å². The smallest absolute Gasteiger partial charge is 0.242 e. The maximum Gasteiger partial charge on any atom is 0.242 e. The van der Waals surface area contributed by atoms with E-state index in [0.29, 0.717) is 27.7 Å². The first kappa shape index (κ1) is 28.3. The van der Waals surface area contributed by atoms with Crippen molar-refractivity contribution in [2.45, 2.75) is 64.1 Å². The van der Waals surface area contributed by atoms with Gasteiger partial charge >= 0.3 is 0 Å². The Bertz CT molecular complexity index is 1160. The summed E-state index contributed by atoms with van der Waals surface area (Å²) in [6.07, 6.45) is 5.56. The average molecular weight is 555 g/mol. The Morgan fingerprint density at radius 2 is 1.75 bits per heavy atom. The van der Waals surface area contributed by atoms with E-state index >= 15 is 0 Å². The highest BCUT2D eigenvalue weighted by Crippen LogP contribution is 2.25. The average Bonchev–Trinajstić information content (AvgIpc) is 3.33. The second-order valence-corrected chi connectivity index (χ2v) is 11.9. The van der Waals surface area contributed by atoms with E-state index < -0.39 is 16.1 Å². The molecule has 1 fully saturated rings. The van der Waals surface area contributed by atoms with Gasteiger partial charge in [-0.25, -0.2) is 8.42 Å². The third kappa shape index (κ3) is 7.85. The molecule has 0 saturated heterocycles. The maximum absolute atomic E-state index is 13.4. The van der Waals surface area contributed by atoms with Gasteiger partial charge in [-0.3, -0.25) is 13.9 Å². The quantitative estimate of drug-likeness (QED) is 0.423. The van der Waals surface area contributed by atoms with Crippen molar-refractivity contribution in [2.24, 2.45) is 0 Å². The molecule has 0 heterocycles. The lowest BCUT2D eigenvalue weighted by molar-refractivity contribution is -0.140. The minimum absolute atomic E-state index is 0.0745. The van der Waals surface area contributed by atoms with Gasteiger partial charge in [0, 0.05) is 35.6 Å². The summed E-state index contributed by atoms with van der Waals surface area (Å²) in [6, 6.07) is 13.2. The van der Waals surface area contributed by atoms with Crippen LogP contribution in [0.25, 0.3) is 0 Å². The fourth-order valence-electron chi connectivity index (χ4n) is 4.41. The monoisotopic (exact) mass is 553 g/mol. The molecule has 0 spiro atoms. The molecular formula is C26H33Cl2N3O4S. The van der Waals surface area contributed by atoms with Crippen LogP contribution in [0.2, 0.25) is 10.0 Å². The number of carbonyl (C=O) groups is 2. The van der Waals surface area contributed by atoms with Gasteiger partial charge in [0.05, 0.1) is 11.9 Å². The number of hydrogen-bond acceptors (Lipinski definition) is 4. The van der Waals surface area contributed by atoms with Gasteiger partial charge in [0.15, 0.2) is 0 Å². The predicted molar refractivity (Wildman–Crippen MR) is 145 cm³/mol. The Labute approximate surface area is 223 Å². The number of halogens is 2. The Kier molecular flexibility index (Phi) is 10.0. The molecule has 2 aromatic carbocycles. The number of nitrogens with zero attached hydrogens (tertiary/aromatic N) is 2. The molecule has 2 aromatic rings. The first-order chi connectivity index (χ1) is 17.1. The highest BCUT2D eigenvalue weighted by Gasteiger charge is 2.29. The molecule has 1 atom stereocenters. The molecule has 7 nitrogen and oxygen atoms in total. The van der Waals surface area contributed by atoms with Crippen molar-refractivity contribution in [3.8, 4) is 0 Å². The number of para-hydroxylation sites is 1. The Morgan fingerprint density at radius 1 is 1.08 bits per heavy atom. The standard InChI is InChI=1S/C26H33Cl2N3O4S/c1-19(26(33)29-22-9-6-7-10-22)30(18-20-14-15-21(27)17-24(20)28)25(32)13-8-16-31(36(2,34)35)23-11-4-3-5-12-23/h3-5,11-12,14-15,17,19,22H,6-10,13,16,18H2,1-2H3,(H,29,33)/t19-/m0/s1. The third-order valence-corrected chi connectivity index (χ3v) is 8.20. The molecular weight excluding hydrogens is 521 g/mol. The van der Waals surface area contributed by atoms with Crippen LogP contribution in [0.3, 0.4) is 0 Å². The van der Waals surface area contributed by atoms with E-state index in [-0.39, 0.29) is 37.4 Å².